The van der Waals surface area contributed by atoms with Crippen molar-refractivity contribution in [1.82, 2.24) is 4.57 Å². The Kier molecular flexibility index (Phi) is 12.7. The molecule has 1 heterocycles. The standard InChI is InChI=1S/C27H44N3O2/c1-3-4-5-6-7-8-9-10-11-12-13-14-15-16-21-28-22-23-29(25(28)2)24-26-17-19-27(20-18-26)30(31)32/h17-20,22-23H,3-16,21,24H2,1-2H3/q+1. The van der Waals surface area contributed by atoms with Crippen LogP contribution in [0.1, 0.15) is 108 Å². The maximum atomic E-state index is 10.8. The second-order valence-electron chi connectivity index (χ2n) is 9.19. The van der Waals surface area contributed by atoms with E-state index in [1.165, 1.54) is 95.7 Å². The fourth-order valence-electron chi connectivity index (χ4n) is 4.34. The van der Waals surface area contributed by atoms with E-state index in [9.17, 15) is 10.1 Å². The highest BCUT2D eigenvalue weighted by molar-refractivity contribution is 5.32. The third-order valence-electron chi connectivity index (χ3n) is 6.51. The molecule has 5 nitrogen and oxygen atoms in total. The quantitative estimate of drug-likeness (QED) is 0.104. The lowest BCUT2D eigenvalue weighted by atomic mass is 10.0. The van der Waals surface area contributed by atoms with Crippen molar-refractivity contribution >= 4 is 5.69 Å². The number of aryl methyl sites for hydroxylation is 1. The van der Waals surface area contributed by atoms with Crippen LogP contribution in [-0.2, 0) is 13.1 Å². The number of aromatic nitrogens is 2. The highest BCUT2D eigenvalue weighted by Gasteiger charge is 2.13. The molecule has 32 heavy (non-hydrogen) atoms. The minimum atomic E-state index is -0.352. The molecule has 0 unspecified atom stereocenters. The van der Waals surface area contributed by atoms with Gasteiger partial charge in [0, 0.05) is 19.1 Å². The van der Waals surface area contributed by atoms with Gasteiger partial charge in [0.15, 0.2) is 0 Å². The van der Waals surface area contributed by atoms with Gasteiger partial charge in [-0.15, -0.1) is 0 Å². The first-order chi connectivity index (χ1) is 15.6. The van der Waals surface area contributed by atoms with Crippen molar-refractivity contribution in [2.24, 2.45) is 0 Å². The Labute approximate surface area is 195 Å². The molecule has 1 aromatic heterocycles. The third kappa shape index (κ3) is 9.97. The molecule has 0 aliphatic carbocycles. The van der Waals surface area contributed by atoms with E-state index in [0.29, 0.717) is 0 Å². The third-order valence-corrected chi connectivity index (χ3v) is 6.51. The van der Waals surface area contributed by atoms with Crippen LogP contribution in [0, 0.1) is 17.0 Å². The fourth-order valence-corrected chi connectivity index (χ4v) is 4.34. The van der Waals surface area contributed by atoms with Crippen LogP contribution in [-0.4, -0.2) is 9.49 Å². The molecule has 0 atom stereocenters. The number of imidazole rings is 1. The average Bonchev–Trinajstić information content (AvgIpc) is 3.13. The van der Waals surface area contributed by atoms with Crippen LogP contribution in [0.3, 0.4) is 0 Å². The van der Waals surface area contributed by atoms with Crippen LogP contribution >= 0.6 is 0 Å². The minimum Gasteiger partial charge on any atom is -0.258 e. The second-order valence-corrected chi connectivity index (χ2v) is 9.19. The van der Waals surface area contributed by atoms with Crippen molar-refractivity contribution in [3.05, 3.63) is 58.2 Å². The number of nitrogens with zero attached hydrogens (tertiary/aromatic N) is 3. The normalized spacial score (nSPS) is 11.2. The summed E-state index contributed by atoms with van der Waals surface area (Å²) in [5.41, 5.74) is 1.23. The smallest absolute Gasteiger partial charge is 0.258 e. The fraction of sp³-hybridized carbons (Fsp3) is 0.667. The molecule has 1 aromatic carbocycles. The van der Waals surface area contributed by atoms with E-state index in [1.54, 1.807) is 12.1 Å². The van der Waals surface area contributed by atoms with Crippen molar-refractivity contribution < 1.29 is 9.49 Å². The summed E-state index contributed by atoms with van der Waals surface area (Å²) in [5, 5.41) is 10.8. The van der Waals surface area contributed by atoms with Crippen LogP contribution in [0.25, 0.3) is 0 Å². The van der Waals surface area contributed by atoms with Gasteiger partial charge in [0.1, 0.15) is 18.9 Å². The molecule has 0 radical (unpaired) electrons. The van der Waals surface area contributed by atoms with Gasteiger partial charge in [-0.2, -0.15) is 0 Å². The van der Waals surface area contributed by atoms with Gasteiger partial charge in [-0.25, -0.2) is 9.13 Å². The number of rotatable bonds is 18. The van der Waals surface area contributed by atoms with Gasteiger partial charge in [0.2, 0.25) is 0 Å². The lowest BCUT2D eigenvalue weighted by Crippen LogP contribution is -2.36. The van der Waals surface area contributed by atoms with E-state index < -0.39 is 0 Å². The van der Waals surface area contributed by atoms with E-state index in [4.69, 9.17) is 0 Å². The van der Waals surface area contributed by atoms with E-state index in [0.717, 1.165) is 18.7 Å². The second kappa shape index (κ2) is 15.6. The predicted molar refractivity (Wildman–Crippen MR) is 132 cm³/mol. The van der Waals surface area contributed by atoms with E-state index >= 15 is 0 Å². The molecule has 0 fully saturated rings. The van der Waals surface area contributed by atoms with Crippen molar-refractivity contribution in [2.75, 3.05) is 0 Å². The van der Waals surface area contributed by atoms with Gasteiger partial charge in [0.05, 0.1) is 11.5 Å². The Morgan fingerprint density at radius 2 is 1.31 bits per heavy atom. The topological polar surface area (TPSA) is 52.0 Å². The summed E-state index contributed by atoms with van der Waals surface area (Å²) >= 11 is 0. The molecule has 0 saturated carbocycles. The van der Waals surface area contributed by atoms with Crippen LogP contribution in [0.5, 0.6) is 0 Å². The molecule has 0 spiro atoms. The van der Waals surface area contributed by atoms with E-state index in [-0.39, 0.29) is 10.6 Å². The Morgan fingerprint density at radius 3 is 1.81 bits per heavy atom. The molecule has 0 amide bonds. The number of hydrogen-bond acceptors (Lipinski definition) is 2. The molecule has 5 heteroatoms. The molecule has 178 valence electrons. The van der Waals surface area contributed by atoms with E-state index in [1.807, 2.05) is 12.1 Å². The van der Waals surface area contributed by atoms with Gasteiger partial charge in [0.25, 0.3) is 11.5 Å². The summed E-state index contributed by atoms with van der Waals surface area (Å²) in [7, 11) is 0. The molecule has 0 bridgehead atoms. The van der Waals surface area contributed by atoms with Crippen molar-refractivity contribution in [3.8, 4) is 0 Å². The molecular formula is C27H44N3O2+. The number of unbranched alkanes of at least 4 members (excludes halogenated alkanes) is 13. The number of benzene rings is 1. The first-order valence-electron chi connectivity index (χ1n) is 12.9. The highest BCUT2D eigenvalue weighted by Crippen LogP contribution is 2.14. The van der Waals surface area contributed by atoms with Gasteiger partial charge in [-0.3, -0.25) is 10.1 Å². The predicted octanol–water partition coefficient (Wildman–Crippen LogP) is 7.52. The molecular weight excluding hydrogens is 398 g/mol. The van der Waals surface area contributed by atoms with Crippen LogP contribution in [0.2, 0.25) is 0 Å². The average molecular weight is 443 g/mol. The molecule has 2 rings (SSSR count). The van der Waals surface area contributed by atoms with Gasteiger partial charge < -0.3 is 0 Å². The summed E-state index contributed by atoms with van der Waals surface area (Å²) in [4.78, 5) is 10.4. The number of nitro benzene ring substituents is 1. The van der Waals surface area contributed by atoms with Crippen LogP contribution in [0.4, 0.5) is 5.69 Å². The number of hydrogen-bond donors (Lipinski definition) is 0. The first-order valence-corrected chi connectivity index (χ1v) is 12.9. The Bertz CT molecular complexity index is 768. The zero-order valence-corrected chi connectivity index (χ0v) is 20.4. The summed E-state index contributed by atoms with van der Waals surface area (Å²) < 4.78 is 4.54. The summed E-state index contributed by atoms with van der Waals surface area (Å²) in [5.74, 6) is 1.23. The lowest BCUT2D eigenvalue weighted by molar-refractivity contribution is -0.694. The van der Waals surface area contributed by atoms with Crippen molar-refractivity contribution in [1.29, 1.82) is 0 Å². The Hall–Kier alpha value is -2.17. The summed E-state index contributed by atoms with van der Waals surface area (Å²) in [6.07, 6.45) is 23.7. The Morgan fingerprint density at radius 1 is 0.812 bits per heavy atom. The van der Waals surface area contributed by atoms with E-state index in [2.05, 4.69) is 35.4 Å². The SMILES string of the molecule is CCCCCCCCCCCCCCCCn1cc[n+](Cc2ccc([N+](=O)[O-])cc2)c1C. The monoisotopic (exact) mass is 442 g/mol. The van der Waals surface area contributed by atoms with Gasteiger partial charge in [-0.05, 0) is 30.5 Å². The minimum absolute atomic E-state index is 0.144. The number of non-ortho nitro benzene ring substituents is 1. The van der Waals surface area contributed by atoms with Gasteiger partial charge in [-0.1, -0.05) is 84.0 Å². The lowest BCUT2D eigenvalue weighted by Gasteiger charge is -2.04. The van der Waals surface area contributed by atoms with Crippen LogP contribution in [0.15, 0.2) is 36.7 Å². The summed E-state index contributed by atoms with van der Waals surface area (Å²) in [6.45, 7) is 6.24. The number of nitro groups is 1. The summed E-state index contributed by atoms with van der Waals surface area (Å²) in [6, 6.07) is 6.85. The Balaban J connectivity index is 1.52. The molecule has 0 aliphatic rings. The van der Waals surface area contributed by atoms with Crippen LogP contribution < -0.4 is 4.57 Å². The zero-order chi connectivity index (χ0) is 23.0. The largest absolute Gasteiger partial charge is 0.269 e. The maximum Gasteiger partial charge on any atom is 0.269 e. The van der Waals surface area contributed by atoms with Gasteiger partial charge >= 0.3 is 0 Å². The first kappa shape index (κ1) is 26.1. The maximum absolute atomic E-state index is 10.8. The molecule has 0 N–H and O–H groups in total. The zero-order valence-electron chi connectivity index (χ0n) is 20.4. The van der Waals surface area contributed by atoms with Crippen molar-refractivity contribution in [3.63, 3.8) is 0 Å². The highest BCUT2D eigenvalue weighted by atomic mass is 16.6. The molecule has 0 aliphatic heterocycles. The molecule has 0 saturated heterocycles. The van der Waals surface area contributed by atoms with Crippen molar-refractivity contribution in [2.45, 2.75) is 117 Å². The molecule has 2 aromatic rings.